The van der Waals surface area contributed by atoms with Crippen molar-refractivity contribution in [2.24, 2.45) is 0 Å². The van der Waals surface area contributed by atoms with E-state index in [9.17, 15) is 39.6 Å². The van der Waals surface area contributed by atoms with Crippen molar-refractivity contribution in [1.82, 2.24) is 10.0 Å². The van der Waals surface area contributed by atoms with Crippen LogP contribution in [0.25, 0.3) is 0 Å². The van der Waals surface area contributed by atoms with E-state index in [1.807, 2.05) is 0 Å². The summed E-state index contributed by atoms with van der Waals surface area (Å²) in [6.07, 6.45) is -10.5. The first kappa shape index (κ1) is 27.0. The number of amides is 1. The SMILES string of the molecule is C[C@@H](OC[C@@]1(c2ccccc2)C[C@@H](NS(C)(=O)=O)C(=O)N1)c1cc(C(F)(F)F)cc(C(F)(F)F)c1. The summed E-state index contributed by atoms with van der Waals surface area (Å²) < 4.78 is 111. The Kier molecular flexibility index (Phi) is 7.26. The van der Waals surface area contributed by atoms with Gasteiger partial charge in [0.25, 0.3) is 0 Å². The molecule has 0 spiro atoms. The highest BCUT2D eigenvalue weighted by molar-refractivity contribution is 7.88. The average molecular weight is 524 g/mol. The number of rotatable bonds is 7. The van der Waals surface area contributed by atoms with Crippen LogP contribution in [0.2, 0.25) is 0 Å². The molecule has 0 aliphatic carbocycles. The normalized spacial score (nSPS) is 22.2. The van der Waals surface area contributed by atoms with Crippen LogP contribution in [0.15, 0.2) is 48.5 Å². The van der Waals surface area contributed by atoms with Gasteiger partial charge >= 0.3 is 12.4 Å². The highest BCUT2D eigenvalue weighted by Gasteiger charge is 2.47. The average Bonchev–Trinajstić information content (AvgIpc) is 3.06. The van der Waals surface area contributed by atoms with E-state index in [4.69, 9.17) is 4.74 Å². The van der Waals surface area contributed by atoms with Crippen molar-refractivity contribution in [3.05, 3.63) is 70.8 Å². The highest BCUT2D eigenvalue weighted by atomic mass is 32.2. The van der Waals surface area contributed by atoms with Gasteiger partial charge in [0, 0.05) is 6.42 Å². The van der Waals surface area contributed by atoms with Crippen LogP contribution < -0.4 is 10.0 Å². The molecule has 1 fully saturated rings. The van der Waals surface area contributed by atoms with E-state index in [2.05, 4.69) is 10.0 Å². The molecule has 1 amide bonds. The number of halogens is 6. The number of carbonyl (C=O) groups is 1. The van der Waals surface area contributed by atoms with Crippen LogP contribution in [-0.2, 0) is 37.4 Å². The minimum atomic E-state index is -5.01. The number of benzene rings is 2. The van der Waals surface area contributed by atoms with Crippen LogP contribution in [0.5, 0.6) is 0 Å². The molecule has 0 saturated carbocycles. The first-order chi connectivity index (χ1) is 16.0. The van der Waals surface area contributed by atoms with Crippen molar-refractivity contribution in [3.8, 4) is 0 Å². The molecule has 1 heterocycles. The molecule has 1 aliphatic rings. The van der Waals surface area contributed by atoms with E-state index in [1.54, 1.807) is 30.3 Å². The second-order valence-electron chi connectivity index (χ2n) is 8.38. The van der Waals surface area contributed by atoms with Crippen molar-refractivity contribution in [2.75, 3.05) is 12.9 Å². The molecule has 2 N–H and O–H groups in total. The minimum absolute atomic E-state index is 0.0281. The molecule has 192 valence electrons. The van der Waals surface area contributed by atoms with Gasteiger partial charge in [-0.05, 0) is 36.2 Å². The molecule has 2 aromatic carbocycles. The highest BCUT2D eigenvalue weighted by Crippen LogP contribution is 2.39. The van der Waals surface area contributed by atoms with E-state index < -0.39 is 57.1 Å². The van der Waals surface area contributed by atoms with E-state index in [0.29, 0.717) is 17.7 Å². The van der Waals surface area contributed by atoms with Gasteiger partial charge in [0.2, 0.25) is 15.9 Å². The molecule has 6 nitrogen and oxygen atoms in total. The molecule has 1 aliphatic heterocycles. The van der Waals surface area contributed by atoms with Gasteiger partial charge in [-0.1, -0.05) is 30.3 Å². The summed E-state index contributed by atoms with van der Waals surface area (Å²) in [7, 11) is -3.75. The monoisotopic (exact) mass is 524 g/mol. The predicted octanol–water partition coefficient (Wildman–Crippen LogP) is 4.14. The summed E-state index contributed by atoms with van der Waals surface area (Å²) in [4.78, 5) is 12.5. The summed E-state index contributed by atoms with van der Waals surface area (Å²) in [6.45, 7) is 0.945. The Hall–Kier alpha value is -2.64. The van der Waals surface area contributed by atoms with E-state index in [-0.39, 0.29) is 24.7 Å². The van der Waals surface area contributed by atoms with Crippen molar-refractivity contribution in [3.63, 3.8) is 0 Å². The van der Waals surface area contributed by atoms with Crippen LogP contribution in [0.1, 0.15) is 41.7 Å². The van der Waals surface area contributed by atoms with Crippen molar-refractivity contribution in [2.45, 2.75) is 43.4 Å². The van der Waals surface area contributed by atoms with E-state index in [1.165, 1.54) is 6.92 Å². The summed E-state index contributed by atoms with van der Waals surface area (Å²) >= 11 is 0. The molecule has 13 heteroatoms. The fraction of sp³-hybridized carbons (Fsp3) is 0.409. The molecular weight excluding hydrogens is 502 g/mol. The fourth-order valence-corrected chi connectivity index (χ4v) is 4.58. The molecule has 3 atom stereocenters. The molecule has 35 heavy (non-hydrogen) atoms. The van der Waals surface area contributed by atoms with E-state index in [0.717, 1.165) is 6.26 Å². The zero-order valence-corrected chi connectivity index (χ0v) is 19.3. The third-order valence-electron chi connectivity index (χ3n) is 5.57. The van der Waals surface area contributed by atoms with E-state index >= 15 is 0 Å². The largest absolute Gasteiger partial charge is 0.416 e. The molecule has 0 aromatic heterocycles. The van der Waals surface area contributed by atoms with Crippen LogP contribution in [0, 0.1) is 0 Å². The molecule has 0 bridgehead atoms. The summed E-state index contributed by atoms with van der Waals surface area (Å²) in [5.41, 5.74) is -4.04. The standard InChI is InChI=1S/C22H22F6N2O4S/c1-13(14-8-16(21(23,24)25)10-17(9-14)22(26,27)28)34-12-20(15-6-4-3-5-7-15)11-18(19(31)29-20)30-35(2,32)33/h3-10,13,18,30H,11-12H2,1-2H3,(H,29,31)/t13-,18-,20-/m1/s1. The summed E-state index contributed by atoms with van der Waals surface area (Å²) in [6, 6.07) is 8.35. The minimum Gasteiger partial charge on any atom is -0.371 e. The Morgan fingerprint density at radius 1 is 1.06 bits per heavy atom. The third kappa shape index (κ3) is 6.53. The number of hydrogen-bond donors (Lipinski definition) is 2. The maximum Gasteiger partial charge on any atom is 0.416 e. The van der Waals surface area contributed by atoms with Crippen LogP contribution in [-0.4, -0.2) is 33.2 Å². The Balaban J connectivity index is 1.92. The maximum atomic E-state index is 13.2. The molecule has 0 unspecified atom stereocenters. The van der Waals surface area contributed by atoms with Gasteiger partial charge in [-0.15, -0.1) is 0 Å². The Labute approximate surface area is 197 Å². The van der Waals surface area contributed by atoms with Crippen LogP contribution in [0.3, 0.4) is 0 Å². The Bertz CT molecular complexity index is 1150. The van der Waals surface area contributed by atoms with Crippen LogP contribution >= 0.6 is 0 Å². The summed E-state index contributed by atoms with van der Waals surface area (Å²) in [5, 5.41) is 2.68. The fourth-order valence-electron chi connectivity index (χ4n) is 3.87. The zero-order valence-electron chi connectivity index (χ0n) is 18.5. The number of ether oxygens (including phenoxy) is 1. The van der Waals surface area contributed by atoms with Gasteiger partial charge in [-0.2, -0.15) is 26.3 Å². The topological polar surface area (TPSA) is 84.5 Å². The lowest BCUT2D eigenvalue weighted by Gasteiger charge is -2.31. The van der Waals surface area contributed by atoms with Gasteiger partial charge in [-0.25, -0.2) is 13.1 Å². The zero-order chi connectivity index (χ0) is 26.2. The van der Waals surface area contributed by atoms with Gasteiger partial charge in [-0.3, -0.25) is 4.79 Å². The van der Waals surface area contributed by atoms with Crippen molar-refractivity contribution < 1.29 is 44.3 Å². The molecule has 1 saturated heterocycles. The molecule has 3 rings (SSSR count). The lowest BCUT2D eigenvalue weighted by molar-refractivity contribution is -0.143. The van der Waals surface area contributed by atoms with Crippen molar-refractivity contribution >= 4 is 15.9 Å². The Morgan fingerprint density at radius 2 is 1.60 bits per heavy atom. The molecule has 0 radical (unpaired) electrons. The van der Waals surface area contributed by atoms with Gasteiger partial charge in [0.1, 0.15) is 6.04 Å². The number of alkyl halides is 6. The number of carbonyl (C=O) groups excluding carboxylic acids is 1. The smallest absolute Gasteiger partial charge is 0.371 e. The molecule has 2 aromatic rings. The number of hydrogen-bond acceptors (Lipinski definition) is 4. The van der Waals surface area contributed by atoms with Gasteiger partial charge in [0.15, 0.2) is 0 Å². The second kappa shape index (κ2) is 9.43. The number of nitrogens with one attached hydrogen (secondary N) is 2. The second-order valence-corrected chi connectivity index (χ2v) is 10.2. The summed E-state index contributed by atoms with van der Waals surface area (Å²) in [5.74, 6) is -0.644. The van der Waals surface area contributed by atoms with Crippen LogP contribution in [0.4, 0.5) is 26.3 Å². The lowest BCUT2D eigenvalue weighted by Crippen LogP contribution is -2.43. The first-order valence-corrected chi connectivity index (χ1v) is 12.2. The lowest BCUT2D eigenvalue weighted by atomic mass is 9.88. The van der Waals surface area contributed by atoms with Gasteiger partial charge < -0.3 is 10.1 Å². The predicted molar refractivity (Wildman–Crippen MR) is 113 cm³/mol. The first-order valence-electron chi connectivity index (χ1n) is 10.3. The third-order valence-corrected chi connectivity index (χ3v) is 6.29. The number of sulfonamides is 1. The Morgan fingerprint density at radius 3 is 2.09 bits per heavy atom. The van der Waals surface area contributed by atoms with Gasteiger partial charge in [0.05, 0.1) is 35.6 Å². The maximum absolute atomic E-state index is 13.2. The van der Waals surface area contributed by atoms with Crippen molar-refractivity contribution in [1.29, 1.82) is 0 Å². The molecular formula is C22H22F6N2O4S. The quantitative estimate of drug-likeness (QED) is 0.534.